The van der Waals surface area contributed by atoms with E-state index in [-0.39, 0.29) is 5.41 Å². The van der Waals surface area contributed by atoms with Crippen LogP contribution in [0.25, 0.3) is 53.6 Å². The maximum absolute atomic E-state index is 2.45. The summed E-state index contributed by atoms with van der Waals surface area (Å²) in [5.74, 6) is 0. The molecule has 1 aliphatic rings. The van der Waals surface area contributed by atoms with Gasteiger partial charge >= 0.3 is 0 Å². The number of anilines is 3. The fourth-order valence-corrected chi connectivity index (χ4v) is 9.41. The molecule has 0 saturated carbocycles. The summed E-state index contributed by atoms with van der Waals surface area (Å²) in [6.07, 6.45) is 0. The molecule has 1 aromatic heterocycles. The highest BCUT2D eigenvalue weighted by Crippen LogP contribution is 2.53. The molecular weight excluding hydrogens is 647 g/mol. The third-order valence-corrected chi connectivity index (χ3v) is 12.1. The Labute approximate surface area is 308 Å². The molecule has 10 rings (SSSR count). The molecule has 0 atom stereocenters. The Morgan fingerprint density at radius 1 is 0.385 bits per heavy atom. The summed E-state index contributed by atoms with van der Waals surface area (Å²) in [7, 11) is 0. The molecule has 0 saturated heterocycles. The first-order chi connectivity index (χ1) is 25.6. The van der Waals surface area contributed by atoms with Gasteiger partial charge in [0.1, 0.15) is 0 Å². The molecule has 0 unspecified atom stereocenters. The Hall–Kier alpha value is -6.22. The van der Waals surface area contributed by atoms with Crippen LogP contribution in [0.3, 0.4) is 0 Å². The van der Waals surface area contributed by atoms with Crippen molar-refractivity contribution in [1.82, 2.24) is 0 Å². The topological polar surface area (TPSA) is 3.24 Å². The van der Waals surface area contributed by atoms with E-state index in [2.05, 4.69) is 206 Å². The highest BCUT2D eigenvalue weighted by Gasteiger charge is 2.40. The van der Waals surface area contributed by atoms with Crippen LogP contribution >= 0.6 is 11.3 Å². The summed E-state index contributed by atoms with van der Waals surface area (Å²) in [6, 6.07) is 71.1. The Morgan fingerprint density at radius 3 is 1.42 bits per heavy atom. The van der Waals surface area contributed by atoms with E-state index in [1.165, 1.54) is 70.2 Å². The average Bonchev–Trinajstić information content (AvgIpc) is 3.71. The van der Waals surface area contributed by atoms with Crippen LogP contribution in [0.1, 0.15) is 23.6 Å². The Morgan fingerprint density at radius 2 is 0.865 bits per heavy atom. The normalized spacial score (nSPS) is 12.9. The molecule has 8 aromatic carbocycles. The minimum Gasteiger partial charge on any atom is -0.310 e. The zero-order valence-corrected chi connectivity index (χ0v) is 29.6. The fraction of sp³-hybridized carbons (Fsp3) is 0.0400. The van der Waals surface area contributed by atoms with Crippen molar-refractivity contribution in [2.45, 2.75) is 12.3 Å². The molecule has 0 spiro atoms. The third-order valence-electron chi connectivity index (χ3n) is 11.0. The monoisotopic (exact) mass is 681 g/mol. The number of hydrogen-bond acceptors (Lipinski definition) is 2. The number of thiophene rings is 1. The summed E-state index contributed by atoms with van der Waals surface area (Å²) in [4.78, 5) is 2.38. The van der Waals surface area contributed by atoms with E-state index in [0.29, 0.717) is 0 Å². The molecule has 1 nitrogen and oxygen atoms in total. The molecule has 2 heteroatoms. The number of fused-ring (bicyclic) bond motifs is 6. The maximum Gasteiger partial charge on any atom is 0.0476 e. The molecule has 0 fully saturated rings. The number of benzene rings is 8. The summed E-state index contributed by atoms with van der Waals surface area (Å²) in [5, 5.41) is 2.62. The second-order valence-corrected chi connectivity index (χ2v) is 15.0. The molecule has 0 amide bonds. The van der Waals surface area contributed by atoms with Gasteiger partial charge in [-0.3, -0.25) is 0 Å². The lowest BCUT2D eigenvalue weighted by Gasteiger charge is -2.28. The molecular formula is C50H35NS. The summed E-state index contributed by atoms with van der Waals surface area (Å²) in [6.45, 7) is 2.40. The van der Waals surface area contributed by atoms with Gasteiger partial charge in [-0.05, 0) is 106 Å². The number of hydrogen-bond donors (Lipinski definition) is 0. The van der Waals surface area contributed by atoms with Crippen molar-refractivity contribution in [2.24, 2.45) is 0 Å². The van der Waals surface area contributed by atoms with Gasteiger partial charge in [-0.1, -0.05) is 146 Å². The van der Waals surface area contributed by atoms with Gasteiger partial charge in [0.15, 0.2) is 0 Å². The highest BCUT2D eigenvalue weighted by molar-refractivity contribution is 7.25. The highest BCUT2D eigenvalue weighted by atomic mass is 32.1. The SMILES string of the molecule is CC1(c2ccc3sc4cc(N(c5ccc(-c6ccccc6)cc5)c5ccc(-c6ccccc6)cc5)ccc4c3c2)c2ccccc2-c2ccccc21. The van der Waals surface area contributed by atoms with Crippen molar-refractivity contribution in [3.8, 4) is 33.4 Å². The lowest BCUT2D eigenvalue weighted by atomic mass is 9.74. The van der Waals surface area contributed by atoms with Crippen molar-refractivity contribution in [2.75, 3.05) is 4.90 Å². The van der Waals surface area contributed by atoms with E-state index in [1.807, 2.05) is 11.3 Å². The second-order valence-electron chi connectivity index (χ2n) is 13.9. The van der Waals surface area contributed by atoms with Gasteiger partial charge < -0.3 is 4.90 Å². The molecule has 0 radical (unpaired) electrons. The van der Waals surface area contributed by atoms with Crippen LogP contribution in [0, 0.1) is 0 Å². The first-order valence-corrected chi connectivity index (χ1v) is 18.7. The van der Waals surface area contributed by atoms with Crippen molar-refractivity contribution in [3.63, 3.8) is 0 Å². The largest absolute Gasteiger partial charge is 0.310 e. The van der Waals surface area contributed by atoms with Gasteiger partial charge in [0.05, 0.1) is 0 Å². The number of rotatable bonds is 6. The van der Waals surface area contributed by atoms with Crippen LogP contribution < -0.4 is 4.90 Å². The second kappa shape index (κ2) is 12.2. The minimum atomic E-state index is -0.218. The van der Waals surface area contributed by atoms with Crippen LogP contribution in [0.2, 0.25) is 0 Å². The molecule has 0 N–H and O–H groups in total. The Bertz CT molecular complexity index is 2600. The predicted molar refractivity (Wildman–Crippen MR) is 222 cm³/mol. The van der Waals surface area contributed by atoms with E-state index in [9.17, 15) is 0 Å². The van der Waals surface area contributed by atoms with Crippen LogP contribution in [0.4, 0.5) is 17.1 Å². The maximum atomic E-state index is 2.45. The van der Waals surface area contributed by atoms with E-state index >= 15 is 0 Å². The molecule has 0 bridgehead atoms. The molecule has 1 heterocycles. The standard InChI is InChI=1S/C50H35NS/c1-50(46-18-10-8-16-42(46)43-17-9-11-19-47(43)50)38-24-31-48-45(32-38)44-30-29-41(33-49(44)52-48)51(39-25-20-36(21-26-39)34-12-4-2-5-13-34)40-27-22-37(23-28-40)35-14-6-3-7-15-35/h2-33H,1H3. The Balaban J connectivity index is 1.08. The minimum absolute atomic E-state index is 0.218. The summed E-state index contributed by atoms with van der Waals surface area (Å²) < 4.78 is 2.60. The lowest BCUT2D eigenvalue weighted by molar-refractivity contribution is 0.715. The smallest absolute Gasteiger partial charge is 0.0476 e. The van der Waals surface area contributed by atoms with Crippen molar-refractivity contribution < 1.29 is 0 Å². The van der Waals surface area contributed by atoms with E-state index < -0.39 is 0 Å². The van der Waals surface area contributed by atoms with Gasteiger partial charge in [0.25, 0.3) is 0 Å². The van der Waals surface area contributed by atoms with Gasteiger partial charge in [-0.15, -0.1) is 11.3 Å². The Kier molecular flexibility index (Phi) is 7.19. The molecule has 52 heavy (non-hydrogen) atoms. The quantitative estimate of drug-likeness (QED) is 0.169. The van der Waals surface area contributed by atoms with Gasteiger partial charge in [0, 0.05) is 42.6 Å². The van der Waals surface area contributed by atoms with E-state index in [0.717, 1.165) is 17.1 Å². The molecule has 0 aliphatic heterocycles. The van der Waals surface area contributed by atoms with Gasteiger partial charge in [-0.25, -0.2) is 0 Å². The van der Waals surface area contributed by atoms with Crippen molar-refractivity contribution in [3.05, 3.63) is 211 Å². The van der Waals surface area contributed by atoms with E-state index in [1.54, 1.807) is 0 Å². The third kappa shape index (κ3) is 4.91. The fourth-order valence-electron chi connectivity index (χ4n) is 8.29. The van der Waals surface area contributed by atoms with Crippen molar-refractivity contribution >= 4 is 48.6 Å². The van der Waals surface area contributed by atoms with Crippen LogP contribution in [0.15, 0.2) is 194 Å². The van der Waals surface area contributed by atoms with Gasteiger partial charge in [0.2, 0.25) is 0 Å². The zero-order valence-electron chi connectivity index (χ0n) is 28.8. The average molecular weight is 682 g/mol. The van der Waals surface area contributed by atoms with Crippen molar-refractivity contribution in [1.29, 1.82) is 0 Å². The summed E-state index contributed by atoms with van der Waals surface area (Å²) >= 11 is 1.88. The predicted octanol–water partition coefficient (Wildman–Crippen LogP) is 14.2. The zero-order chi connectivity index (χ0) is 34.6. The van der Waals surface area contributed by atoms with E-state index in [4.69, 9.17) is 0 Å². The number of nitrogens with zero attached hydrogens (tertiary/aromatic N) is 1. The molecule has 1 aliphatic carbocycles. The molecule has 9 aromatic rings. The van der Waals surface area contributed by atoms with Crippen LogP contribution in [-0.4, -0.2) is 0 Å². The van der Waals surface area contributed by atoms with Crippen LogP contribution in [0.5, 0.6) is 0 Å². The lowest BCUT2D eigenvalue weighted by Crippen LogP contribution is -2.22. The van der Waals surface area contributed by atoms with Crippen LogP contribution in [-0.2, 0) is 5.41 Å². The first-order valence-electron chi connectivity index (χ1n) is 17.9. The van der Waals surface area contributed by atoms with Gasteiger partial charge in [-0.2, -0.15) is 0 Å². The summed E-state index contributed by atoms with van der Waals surface area (Å²) in [5.41, 5.74) is 14.8. The first kappa shape index (κ1) is 30.6. The molecule has 246 valence electrons.